The fourth-order valence-corrected chi connectivity index (χ4v) is 6.48. The average Bonchev–Trinajstić information content (AvgIpc) is 3.34. The van der Waals surface area contributed by atoms with E-state index >= 15 is 0 Å². The van der Waals surface area contributed by atoms with Crippen molar-refractivity contribution in [3.8, 4) is 11.5 Å². The third kappa shape index (κ3) is 5.97. The summed E-state index contributed by atoms with van der Waals surface area (Å²) in [4.78, 5) is 46.4. The number of nitrogens with zero attached hydrogens (tertiary/aromatic N) is 4. The minimum absolute atomic E-state index is 0.0881. The third-order valence-electron chi connectivity index (χ3n) is 7.48. The van der Waals surface area contributed by atoms with Gasteiger partial charge in [-0.3, -0.25) is 19.5 Å². The number of rotatable bonds is 10. The molecule has 5 rings (SSSR count). The molecule has 0 N–H and O–H groups in total. The van der Waals surface area contributed by atoms with Gasteiger partial charge in [0.2, 0.25) is 0 Å². The number of hydrogen-bond acceptors (Lipinski definition) is 11. The fourth-order valence-electron chi connectivity index (χ4n) is 5.47. The van der Waals surface area contributed by atoms with Gasteiger partial charge in [-0.15, -0.1) is 0 Å². The van der Waals surface area contributed by atoms with Crippen molar-refractivity contribution in [3.63, 3.8) is 0 Å². The van der Waals surface area contributed by atoms with Gasteiger partial charge < -0.3 is 23.8 Å². The predicted molar refractivity (Wildman–Crippen MR) is 165 cm³/mol. The Balaban J connectivity index is 1.79. The normalized spacial score (nSPS) is 16.8. The van der Waals surface area contributed by atoms with Gasteiger partial charge in [0, 0.05) is 42.0 Å². The van der Waals surface area contributed by atoms with Crippen LogP contribution in [0.3, 0.4) is 0 Å². The van der Waals surface area contributed by atoms with E-state index in [1.54, 1.807) is 37.3 Å². The van der Waals surface area contributed by atoms with Gasteiger partial charge in [-0.25, -0.2) is 9.79 Å². The van der Waals surface area contributed by atoms with Gasteiger partial charge in [0.05, 0.1) is 54.8 Å². The number of nitro groups is 1. The van der Waals surface area contributed by atoms with E-state index in [0.717, 1.165) is 17.0 Å². The molecule has 0 amide bonds. The van der Waals surface area contributed by atoms with Crippen molar-refractivity contribution >= 4 is 34.8 Å². The number of hydrogen-bond donors (Lipinski definition) is 0. The van der Waals surface area contributed by atoms with Crippen LogP contribution in [0, 0.1) is 10.1 Å². The highest BCUT2D eigenvalue weighted by Gasteiger charge is 2.36. The van der Waals surface area contributed by atoms with Gasteiger partial charge in [0.25, 0.3) is 11.2 Å². The van der Waals surface area contributed by atoms with E-state index in [9.17, 15) is 19.7 Å². The molecule has 0 unspecified atom stereocenters. The Morgan fingerprint density at radius 3 is 2.59 bits per heavy atom. The number of allylic oxidation sites excluding steroid dienone is 1. The summed E-state index contributed by atoms with van der Waals surface area (Å²) in [6.45, 7) is 6.12. The molecule has 1 fully saturated rings. The van der Waals surface area contributed by atoms with Crippen molar-refractivity contribution in [2.45, 2.75) is 32.7 Å². The quantitative estimate of drug-likeness (QED) is 0.190. The van der Waals surface area contributed by atoms with Crippen LogP contribution in [-0.2, 0) is 14.3 Å². The summed E-state index contributed by atoms with van der Waals surface area (Å²) in [7, 11) is 3.05. The Hall–Kier alpha value is -4.49. The van der Waals surface area contributed by atoms with E-state index in [4.69, 9.17) is 23.9 Å². The zero-order valence-corrected chi connectivity index (χ0v) is 25.8. The molecule has 1 atom stereocenters. The molecule has 0 radical (unpaired) electrons. The zero-order chi connectivity index (χ0) is 31.4. The number of aromatic nitrogens is 1. The van der Waals surface area contributed by atoms with E-state index in [1.807, 2.05) is 6.92 Å². The maximum absolute atomic E-state index is 14.3. The Bertz CT molecular complexity index is 1790. The first-order valence-electron chi connectivity index (χ1n) is 14.4. The first kappa shape index (κ1) is 31.0. The van der Waals surface area contributed by atoms with E-state index < -0.39 is 22.5 Å². The Labute approximate surface area is 257 Å². The molecule has 0 spiro atoms. The van der Waals surface area contributed by atoms with Crippen molar-refractivity contribution < 1.29 is 28.7 Å². The van der Waals surface area contributed by atoms with Crippen LogP contribution in [0.25, 0.3) is 6.08 Å². The number of carbonyl (C=O) groups is 1. The molecule has 1 saturated heterocycles. The highest BCUT2D eigenvalue weighted by molar-refractivity contribution is 7.07. The molecule has 3 aromatic rings. The molecule has 2 aliphatic rings. The molecule has 3 heterocycles. The Morgan fingerprint density at radius 2 is 1.93 bits per heavy atom. The predicted octanol–water partition coefficient (Wildman–Crippen LogP) is 3.34. The van der Waals surface area contributed by atoms with Gasteiger partial charge in [0.15, 0.2) is 4.80 Å². The molecule has 2 aliphatic heterocycles. The Kier molecular flexibility index (Phi) is 9.45. The molecule has 44 heavy (non-hydrogen) atoms. The molecule has 0 saturated carbocycles. The zero-order valence-electron chi connectivity index (χ0n) is 25.0. The largest absolute Gasteiger partial charge is 0.497 e. The molecular weight excluding hydrogens is 588 g/mol. The fraction of sp³-hybridized carbons (Fsp3) is 0.387. The lowest BCUT2D eigenvalue weighted by Gasteiger charge is -2.30. The van der Waals surface area contributed by atoms with Crippen LogP contribution >= 0.6 is 11.3 Å². The smallest absolute Gasteiger partial charge is 0.338 e. The summed E-state index contributed by atoms with van der Waals surface area (Å²) >= 11 is 1.16. The number of anilines is 1. The SMILES string of the molecule is CCCC1=C(C(=O)OCC)[C@@H](c2cc(OC)ccc2OC)n2c(s/c(=C\c3cc([N+](=O)[O-])ccc3N3CCOCC3)c2=O)=N1. The average molecular weight is 623 g/mol. The van der Waals surface area contributed by atoms with E-state index in [1.165, 1.54) is 30.9 Å². The minimum atomic E-state index is -0.914. The lowest BCUT2D eigenvalue weighted by atomic mass is 9.93. The molecule has 2 aromatic carbocycles. The van der Waals surface area contributed by atoms with E-state index in [2.05, 4.69) is 4.90 Å². The number of thiazole rings is 1. The van der Waals surface area contributed by atoms with Crippen molar-refractivity contribution in [1.82, 2.24) is 4.57 Å². The van der Waals surface area contributed by atoms with Gasteiger partial charge in [-0.1, -0.05) is 24.7 Å². The van der Waals surface area contributed by atoms with Crippen molar-refractivity contribution in [2.24, 2.45) is 4.99 Å². The van der Waals surface area contributed by atoms with Crippen molar-refractivity contribution in [3.05, 3.63) is 88.6 Å². The number of morpholine rings is 1. The van der Waals surface area contributed by atoms with E-state index in [-0.39, 0.29) is 17.9 Å². The molecule has 232 valence electrons. The van der Waals surface area contributed by atoms with Crippen LogP contribution in [-0.4, -0.2) is 62.6 Å². The lowest BCUT2D eigenvalue weighted by Crippen LogP contribution is -2.40. The topological polar surface area (TPSA) is 135 Å². The Morgan fingerprint density at radius 1 is 1.16 bits per heavy atom. The second-order valence-electron chi connectivity index (χ2n) is 10.1. The summed E-state index contributed by atoms with van der Waals surface area (Å²) in [5, 5.41) is 11.7. The summed E-state index contributed by atoms with van der Waals surface area (Å²) < 4.78 is 24.0. The first-order chi connectivity index (χ1) is 21.3. The van der Waals surface area contributed by atoms with Crippen molar-refractivity contribution in [1.29, 1.82) is 0 Å². The number of non-ortho nitro benzene ring substituents is 1. The number of esters is 1. The molecule has 0 bridgehead atoms. The molecule has 0 aliphatic carbocycles. The number of nitro benzene ring substituents is 1. The molecule has 12 nitrogen and oxygen atoms in total. The molecular formula is C31H34N4O8S. The summed E-state index contributed by atoms with van der Waals surface area (Å²) in [6, 6.07) is 8.93. The van der Waals surface area contributed by atoms with Crippen LogP contribution < -0.4 is 29.3 Å². The maximum atomic E-state index is 14.3. The van der Waals surface area contributed by atoms with Gasteiger partial charge >= 0.3 is 5.97 Å². The molecule has 1 aromatic heterocycles. The van der Waals surface area contributed by atoms with Gasteiger partial charge in [0.1, 0.15) is 17.5 Å². The summed E-state index contributed by atoms with van der Waals surface area (Å²) in [5.41, 5.74) is 2.11. The second-order valence-corrected chi connectivity index (χ2v) is 11.1. The number of fused-ring (bicyclic) bond motifs is 1. The molecule has 13 heteroatoms. The van der Waals surface area contributed by atoms with E-state index in [0.29, 0.717) is 76.8 Å². The van der Waals surface area contributed by atoms with Gasteiger partial charge in [-0.2, -0.15) is 0 Å². The van der Waals surface area contributed by atoms with Crippen LogP contribution in [0.15, 0.2) is 57.5 Å². The highest BCUT2D eigenvalue weighted by atomic mass is 32.1. The van der Waals surface area contributed by atoms with Gasteiger partial charge in [-0.05, 0) is 43.7 Å². The van der Waals surface area contributed by atoms with Crippen LogP contribution in [0.5, 0.6) is 11.5 Å². The van der Waals surface area contributed by atoms with Crippen LogP contribution in [0.2, 0.25) is 0 Å². The minimum Gasteiger partial charge on any atom is -0.497 e. The number of methoxy groups -OCH3 is 2. The number of ether oxygens (including phenoxy) is 4. The standard InChI is InChI=1S/C31H34N4O8S/c1-5-7-23-27(30(37)43-6-2)28(22-18-21(40-3)9-11-25(22)41-4)34-29(36)26(44-31(34)32-23)17-19-16-20(35(38)39)8-10-24(19)33-12-14-42-15-13-33/h8-11,16-18,28H,5-7,12-15H2,1-4H3/b26-17-/t28-/m1/s1. The monoisotopic (exact) mass is 622 g/mol. The number of carbonyl (C=O) groups excluding carboxylic acids is 1. The highest BCUT2D eigenvalue weighted by Crippen LogP contribution is 2.39. The second kappa shape index (κ2) is 13.4. The maximum Gasteiger partial charge on any atom is 0.338 e. The number of benzene rings is 2. The third-order valence-corrected chi connectivity index (χ3v) is 8.47. The first-order valence-corrected chi connectivity index (χ1v) is 15.2. The van der Waals surface area contributed by atoms with Crippen LogP contribution in [0.1, 0.15) is 43.9 Å². The van der Waals surface area contributed by atoms with Crippen LogP contribution in [0.4, 0.5) is 11.4 Å². The summed E-state index contributed by atoms with van der Waals surface area (Å²) in [5.74, 6) is 0.405. The lowest BCUT2D eigenvalue weighted by molar-refractivity contribution is -0.384. The van der Waals surface area contributed by atoms with Crippen molar-refractivity contribution in [2.75, 3.05) is 52.0 Å². The summed E-state index contributed by atoms with van der Waals surface area (Å²) in [6.07, 6.45) is 2.85.